The molecule has 2 bridgehead atoms. The number of hydrogen-bond donors (Lipinski definition) is 4. The molecule has 0 aromatic heterocycles. The number of methoxy groups -OCH3 is 2. The molecule has 1 amide bonds. The second-order valence-corrected chi connectivity index (χ2v) is 19.8. The van der Waals surface area contributed by atoms with E-state index in [9.17, 15) is 44.4 Å². The van der Waals surface area contributed by atoms with Crippen molar-refractivity contribution in [3.05, 3.63) is 47.6 Å². The van der Waals surface area contributed by atoms with Gasteiger partial charge in [0.2, 0.25) is 5.79 Å². The minimum Gasteiger partial charge on any atom is -0.460 e. The van der Waals surface area contributed by atoms with Gasteiger partial charge in [-0.1, -0.05) is 71.1 Å². The quantitative estimate of drug-likeness (QED) is 0.142. The van der Waals surface area contributed by atoms with Crippen LogP contribution in [-0.4, -0.2) is 130 Å². The number of aliphatic hydroxyl groups excluding tert-OH is 3. The number of hydrogen-bond acceptors (Lipinski definition) is 13. The highest BCUT2D eigenvalue weighted by Crippen LogP contribution is 2.38. The van der Waals surface area contributed by atoms with Gasteiger partial charge in [0.25, 0.3) is 11.7 Å². The van der Waals surface area contributed by atoms with E-state index < -0.39 is 83.9 Å². The van der Waals surface area contributed by atoms with Crippen molar-refractivity contribution >= 4 is 29.2 Å². The summed E-state index contributed by atoms with van der Waals surface area (Å²) in [5.41, 5.74) is 1.25. The fourth-order valence-electron chi connectivity index (χ4n) is 10.2. The number of allylic oxidation sites excluding steroid dienone is 6. The first-order valence-corrected chi connectivity index (χ1v) is 24.0. The molecule has 14 nitrogen and oxygen atoms in total. The lowest BCUT2D eigenvalue weighted by Crippen LogP contribution is -2.61. The van der Waals surface area contributed by atoms with Crippen molar-refractivity contribution in [1.82, 2.24) is 4.90 Å². The highest BCUT2D eigenvalue weighted by molar-refractivity contribution is 6.39. The van der Waals surface area contributed by atoms with Gasteiger partial charge < -0.3 is 44.3 Å². The largest absolute Gasteiger partial charge is 0.460 e. The molecule has 1 saturated carbocycles. The first kappa shape index (κ1) is 54.2. The highest BCUT2D eigenvalue weighted by atomic mass is 16.6. The number of amides is 1. The van der Waals surface area contributed by atoms with Crippen LogP contribution in [0, 0.1) is 41.4 Å². The molecule has 0 radical (unpaired) electrons. The Morgan fingerprint density at radius 2 is 1.60 bits per heavy atom. The molecule has 15 atom stereocenters. The molecular weight excluding hydrogens is 835 g/mol. The highest BCUT2D eigenvalue weighted by Gasteiger charge is 2.53. The normalized spacial score (nSPS) is 39.1. The molecule has 3 aliphatic heterocycles. The number of esters is 1. The van der Waals surface area contributed by atoms with Crippen LogP contribution in [0.15, 0.2) is 47.6 Å². The minimum absolute atomic E-state index is 0.0144. The number of ether oxygens (including phenoxy) is 4. The monoisotopic (exact) mass is 914 g/mol. The number of piperidine rings is 1. The van der Waals surface area contributed by atoms with Crippen molar-refractivity contribution in [3.63, 3.8) is 0 Å². The first-order valence-electron chi connectivity index (χ1n) is 24.0. The Bertz CT molecular complexity index is 1760. The van der Waals surface area contributed by atoms with Crippen molar-refractivity contribution in [2.75, 3.05) is 27.4 Å². The van der Waals surface area contributed by atoms with E-state index in [1.807, 2.05) is 58.1 Å². The zero-order valence-corrected chi connectivity index (χ0v) is 40.4. The summed E-state index contributed by atoms with van der Waals surface area (Å²) < 4.78 is 23.8. The van der Waals surface area contributed by atoms with Crippen molar-refractivity contribution in [2.45, 2.75) is 174 Å². The third-order valence-electron chi connectivity index (χ3n) is 14.6. The molecule has 0 unspecified atom stereocenters. The predicted octanol–water partition coefficient (Wildman–Crippen LogP) is 5.77. The Hall–Kier alpha value is -3.37. The van der Waals surface area contributed by atoms with Crippen molar-refractivity contribution in [3.8, 4) is 0 Å². The first-order chi connectivity index (χ1) is 30.7. The molecule has 14 heteroatoms. The fourth-order valence-corrected chi connectivity index (χ4v) is 10.2. The van der Waals surface area contributed by atoms with Crippen LogP contribution >= 0.6 is 0 Å². The van der Waals surface area contributed by atoms with Crippen LogP contribution in [-0.2, 0) is 42.9 Å². The number of carbonyl (C=O) groups excluding carboxylic acids is 5. The molecule has 4 N–H and O–H groups in total. The number of fused-ring (bicyclic) bond motifs is 3. The maximum atomic E-state index is 14.3. The standard InChI is InChI=1S/C51H79NO13/c1-30-15-11-10-12-16-31(2)43(62-8)27-39-20-18-36(7)51(61,65-39)48(58)49(59)52-22-14-13-17-40(52)50(60)64-44(33(4)25-37-19-21-41(54)38(26-37)29-53)28-42(55)32(3)24-35(6)46(57)47(63-9)45(56)34(5)23-30/h10-12,15-16,24,30,32-34,36-41,43-44,46-47,53-54,57,61H,13-14,17-23,25-29H2,1-9H3/b12-10?,15-11+,31-16?,35-24+/t30-,32-,33-,34-,36-,37+,38+,39+,40+,41-,43+,44+,46-,47+,51-/m1/s1. The Labute approximate surface area is 386 Å². The zero-order valence-electron chi connectivity index (χ0n) is 40.4. The van der Waals surface area contributed by atoms with Crippen LogP contribution in [0.25, 0.3) is 0 Å². The third kappa shape index (κ3) is 14.3. The van der Waals surface area contributed by atoms with Crippen LogP contribution in [0.3, 0.4) is 0 Å². The Balaban J connectivity index is 1.70. The van der Waals surface area contributed by atoms with Crippen LogP contribution in [0.2, 0.25) is 0 Å². The lowest BCUT2D eigenvalue weighted by molar-refractivity contribution is -0.265. The Kier molecular flexibility index (Phi) is 21.0. The number of cyclic esters (lactones) is 1. The second-order valence-electron chi connectivity index (χ2n) is 19.8. The molecular formula is C51H79NO13. The predicted molar refractivity (Wildman–Crippen MR) is 245 cm³/mol. The van der Waals surface area contributed by atoms with E-state index in [0.717, 1.165) is 5.57 Å². The van der Waals surface area contributed by atoms with Crippen LogP contribution in [0.1, 0.15) is 126 Å². The van der Waals surface area contributed by atoms with Crippen LogP contribution < -0.4 is 0 Å². The summed E-state index contributed by atoms with van der Waals surface area (Å²) in [6.45, 7) is 12.5. The van der Waals surface area contributed by atoms with Gasteiger partial charge in [-0.25, -0.2) is 4.79 Å². The van der Waals surface area contributed by atoms with E-state index in [1.54, 1.807) is 34.0 Å². The molecule has 2 saturated heterocycles. The molecule has 366 valence electrons. The second kappa shape index (κ2) is 25.1. The summed E-state index contributed by atoms with van der Waals surface area (Å²) in [7, 11) is 2.94. The van der Waals surface area contributed by atoms with Gasteiger partial charge in [-0.05, 0) is 107 Å². The number of Topliss-reactive ketones (excluding diaryl/α,β-unsaturated/α-hetero) is 3. The van der Waals surface area contributed by atoms with E-state index in [1.165, 1.54) is 12.0 Å². The van der Waals surface area contributed by atoms with Gasteiger partial charge in [-0.15, -0.1) is 0 Å². The van der Waals surface area contributed by atoms with Gasteiger partial charge in [0.15, 0.2) is 5.78 Å². The number of ketones is 3. The van der Waals surface area contributed by atoms with E-state index >= 15 is 0 Å². The van der Waals surface area contributed by atoms with Gasteiger partial charge in [-0.3, -0.25) is 19.2 Å². The van der Waals surface area contributed by atoms with Gasteiger partial charge in [0.05, 0.1) is 18.3 Å². The molecule has 0 spiro atoms. The SMILES string of the molecule is CO[C@H]1C[C@@H]2CC[C@@H](C)[C@@](O)(O2)C(=O)C(=O)N2CCCC[C@H]2C(=O)O[C@H]([C@H](C)C[C@@H]2CC[C@@H](O)[C@H](CO)C2)CC(=O)[C@H](C)/C=C(\C)[C@@H](O)[C@@H](OC)C(=O)[C@H](C)C[C@H](C)/C=C/C=CC=C1C. The maximum Gasteiger partial charge on any atom is 0.329 e. The molecule has 1 aliphatic carbocycles. The van der Waals surface area contributed by atoms with Crippen molar-refractivity contribution in [2.24, 2.45) is 41.4 Å². The summed E-state index contributed by atoms with van der Waals surface area (Å²) in [4.78, 5) is 71.7. The van der Waals surface area contributed by atoms with E-state index in [4.69, 9.17) is 18.9 Å². The molecule has 0 aromatic rings. The fraction of sp³-hybridized carbons (Fsp3) is 0.745. The number of rotatable bonds is 6. The van der Waals surface area contributed by atoms with Gasteiger partial charge in [0, 0.05) is 63.9 Å². The minimum atomic E-state index is -2.44. The molecule has 65 heavy (non-hydrogen) atoms. The van der Waals surface area contributed by atoms with E-state index in [-0.39, 0.29) is 61.2 Å². The smallest absolute Gasteiger partial charge is 0.329 e. The number of aliphatic hydroxyl groups is 4. The van der Waals surface area contributed by atoms with Gasteiger partial charge in [-0.2, -0.15) is 0 Å². The van der Waals surface area contributed by atoms with Gasteiger partial charge in [0.1, 0.15) is 30.1 Å². The maximum absolute atomic E-state index is 14.3. The average Bonchev–Trinajstić information content (AvgIpc) is 3.28. The zero-order chi connectivity index (χ0) is 48.2. The summed E-state index contributed by atoms with van der Waals surface area (Å²) in [5, 5.41) is 43.7. The lowest BCUT2D eigenvalue weighted by atomic mass is 9.75. The number of carbonyl (C=O) groups is 5. The van der Waals surface area contributed by atoms with E-state index in [2.05, 4.69) is 0 Å². The summed E-state index contributed by atoms with van der Waals surface area (Å²) in [6, 6.07) is -1.15. The molecule has 3 fully saturated rings. The van der Waals surface area contributed by atoms with Crippen molar-refractivity contribution in [1.29, 1.82) is 0 Å². The lowest BCUT2D eigenvalue weighted by Gasteiger charge is -2.42. The van der Waals surface area contributed by atoms with Crippen LogP contribution in [0.4, 0.5) is 0 Å². The van der Waals surface area contributed by atoms with E-state index in [0.29, 0.717) is 69.8 Å². The molecule has 3 heterocycles. The Morgan fingerprint density at radius 1 is 0.877 bits per heavy atom. The summed E-state index contributed by atoms with van der Waals surface area (Å²) >= 11 is 0. The molecule has 0 aromatic carbocycles. The molecule has 4 aliphatic rings. The summed E-state index contributed by atoms with van der Waals surface area (Å²) in [6.07, 6.45) is 11.2. The van der Waals surface area contributed by atoms with Crippen molar-refractivity contribution < 1.29 is 63.3 Å². The molecule has 4 rings (SSSR count). The van der Waals surface area contributed by atoms with Gasteiger partial charge >= 0.3 is 5.97 Å². The third-order valence-corrected chi connectivity index (χ3v) is 14.6. The van der Waals surface area contributed by atoms with Crippen LogP contribution in [0.5, 0.6) is 0 Å². The number of nitrogens with zero attached hydrogens (tertiary/aromatic N) is 1. The Morgan fingerprint density at radius 3 is 2.28 bits per heavy atom. The topological polar surface area (TPSA) is 206 Å². The average molecular weight is 914 g/mol. The summed E-state index contributed by atoms with van der Waals surface area (Å²) in [5.74, 6) is -8.40.